The zero-order chi connectivity index (χ0) is 16.9. The molecule has 23 heavy (non-hydrogen) atoms. The van der Waals surface area contributed by atoms with Crippen molar-refractivity contribution in [3.63, 3.8) is 0 Å². The molecule has 1 aliphatic heterocycles. The maximum Gasteiger partial charge on any atom is 0.310 e. The van der Waals surface area contributed by atoms with E-state index < -0.39 is 35.6 Å². The average Bonchev–Trinajstić information content (AvgIpc) is 3.19. The number of halogens is 2. The number of para-hydroxylation sites is 1. The molecule has 2 aliphatic rings. The number of carbonyl (C=O) groups is 2. The van der Waals surface area contributed by atoms with Crippen LogP contribution < -0.4 is 9.64 Å². The van der Waals surface area contributed by atoms with Gasteiger partial charge in [-0.2, -0.15) is 0 Å². The average molecular weight is 325 g/mol. The van der Waals surface area contributed by atoms with Gasteiger partial charge in [-0.05, 0) is 18.6 Å². The molecule has 1 saturated carbocycles. The lowest BCUT2D eigenvalue weighted by Crippen LogP contribution is -2.32. The minimum atomic E-state index is -2.79. The molecular weight excluding hydrogens is 308 g/mol. The van der Waals surface area contributed by atoms with Gasteiger partial charge < -0.3 is 14.4 Å². The number of anilines is 1. The van der Waals surface area contributed by atoms with Crippen molar-refractivity contribution in [3.8, 4) is 5.75 Å². The molecule has 3 rings (SSSR count). The van der Waals surface area contributed by atoms with Gasteiger partial charge in [-0.3, -0.25) is 9.59 Å². The summed E-state index contributed by atoms with van der Waals surface area (Å²) in [5, 5.41) is 0. The molecule has 7 heteroatoms. The fourth-order valence-electron chi connectivity index (χ4n) is 3.81. The number of rotatable bonds is 4. The molecule has 0 bridgehead atoms. The largest absolute Gasteiger partial charge is 0.495 e. The summed E-state index contributed by atoms with van der Waals surface area (Å²) in [6, 6.07) is 4.89. The van der Waals surface area contributed by atoms with E-state index in [1.165, 1.54) is 19.1 Å². The summed E-state index contributed by atoms with van der Waals surface area (Å²) in [6.45, 7) is 1.68. The molecule has 1 heterocycles. The fourth-order valence-corrected chi connectivity index (χ4v) is 3.81. The first kappa shape index (κ1) is 15.7. The number of likely N-dealkylation sites (N-methyl/N-ethyl adjacent to an activating group) is 1. The lowest BCUT2D eigenvalue weighted by molar-refractivity contribution is -0.146. The third kappa shape index (κ3) is 1.82. The highest BCUT2D eigenvalue weighted by atomic mass is 19.3. The first-order valence-corrected chi connectivity index (χ1v) is 7.33. The van der Waals surface area contributed by atoms with E-state index in [1.54, 1.807) is 25.1 Å². The van der Waals surface area contributed by atoms with Crippen LogP contribution in [0.1, 0.15) is 12.5 Å². The minimum Gasteiger partial charge on any atom is -0.495 e. The van der Waals surface area contributed by atoms with Crippen molar-refractivity contribution in [3.05, 3.63) is 23.8 Å². The highest BCUT2D eigenvalue weighted by molar-refractivity contribution is 6.15. The number of amides is 1. The zero-order valence-corrected chi connectivity index (χ0v) is 13.0. The van der Waals surface area contributed by atoms with E-state index in [0.29, 0.717) is 17.0 Å². The number of carbonyl (C=O) groups excluding carboxylic acids is 2. The van der Waals surface area contributed by atoms with Crippen molar-refractivity contribution < 1.29 is 27.8 Å². The second-order valence-electron chi connectivity index (χ2n) is 5.68. The highest BCUT2D eigenvalue weighted by Gasteiger charge is 2.80. The van der Waals surface area contributed by atoms with Gasteiger partial charge in [0, 0.05) is 7.05 Å². The summed E-state index contributed by atoms with van der Waals surface area (Å²) in [4.78, 5) is 26.2. The number of fused-ring (bicyclic) bond motifs is 2. The van der Waals surface area contributed by atoms with E-state index in [-0.39, 0.29) is 6.61 Å². The quantitative estimate of drug-likeness (QED) is 0.795. The minimum absolute atomic E-state index is 0.0797. The van der Waals surface area contributed by atoms with E-state index in [2.05, 4.69) is 0 Å². The van der Waals surface area contributed by atoms with Crippen molar-refractivity contribution in [1.29, 1.82) is 0 Å². The highest BCUT2D eigenvalue weighted by Crippen LogP contribution is 2.69. The van der Waals surface area contributed by atoms with Crippen LogP contribution in [0.4, 0.5) is 14.5 Å². The van der Waals surface area contributed by atoms with Gasteiger partial charge in [0.25, 0.3) is 0 Å². The summed E-state index contributed by atoms with van der Waals surface area (Å²) in [5.74, 6) is -3.39. The van der Waals surface area contributed by atoms with Crippen LogP contribution in [0.5, 0.6) is 5.75 Å². The summed E-state index contributed by atoms with van der Waals surface area (Å²) in [6.07, 6.45) is -2.79. The summed E-state index contributed by atoms with van der Waals surface area (Å²) < 4.78 is 37.2. The first-order valence-electron chi connectivity index (χ1n) is 7.33. The Kier molecular flexibility index (Phi) is 3.54. The van der Waals surface area contributed by atoms with Crippen LogP contribution in [-0.2, 0) is 19.7 Å². The second kappa shape index (κ2) is 5.18. The third-order valence-electron chi connectivity index (χ3n) is 4.74. The summed E-state index contributed by atoms with van der Waals surface area (Å²) in [5.41, 5.74) is -0.691. The van der Waals surface area contributed by atoms with Crippen molar-refractivity contribution in [2.45, 2.75) is 18.8 Å². The van der Waals surface area contributed by atoms with Gasteiger partial charge in [0.2, 0.25) is 12.3 Å². The van der Waals surface area contributed by atoms with Gasteiger partial charge in [0.1, 0.15) is 5.75 Å². The number of hydrogen-bond donors (Lipinski definition) is 0. The van der Waals surface area contributed by atoms with Gasteiger partial charge in [0.05, 0.1) is 36.7 Å². The second-order valence-corrected chi connectivity index (χ2v) is 5.68. The Morgan fingerprint density at radius 1 is 1.43 bits per heavy atom. The number of ether oxygens (including phenoxy) is 2. The number of methoxy groups -OCH3 is 1. The molecule has 0 N–H and O–H groups in total. The van der Waals surface area contributed by atoms with Crippen molar-refractivity contribution in [2.24, 2.45) is 11.8 Å². The van der Waals surface area contributed by atoms with Crippen LogP contribution in [0.2, 0.25) is 0 Å². The van der Waals surface area contributed by atoms with Gasteiger partial charge in [-0.25, -0.2) is 8.78 Å². The molecule has 0 unspecified atom stereocenters. The lowest BCUT2D eigenvalue weighted by Gasteiger charge is -2.13. The van der Waals surface area contributed by atoms with Crippen LogP contribution >= 0.6 is 0 Å². The number of alkyl halides is 2. The van der Waals surface area contributed by atoms with Crippen LogP contribution in [0.3, 0.4) is 0 Å². The SMILES string of the molecule is CCOC(=O)[C@@H]1[C@@H](C(F)F)[C@@]12C(=O)N(C)c1c(OC)cccc12. The Morgan fingerprint density at radius 3 is 2.70 bits per heavy atom. The Labute approximate surface area is 132 Å². The maximum absolute atomic E-state index is 13.5. The van der Waals surface area contributed by atoms with Crippen LogP contribution in [0.15, 0.2) is 18.2 Å². The monoisotopic (exact) mass is 325 g/mol. The molecule has 0 radical (unpaired) electrons. The van der Waals surface area contributed by atoms with Gasteiger partial charge in [-0.15, -0.1) is 0 Å². The van der Waals surface area contributed by atoms with E-state index in [1.807, 2.05) is 0 Å². The van der Waals surface area contributed by atoms with Gasteiger partial charge in [-0.1, -0.05) is 12.1 Å². The lowest BCUT2D eigenvalue weighted by atomic mass is 9.93. The molecule has 0 aromatic heterocycles. The number of esters is 1. The fraction of sp³-hybridized carbons (Fsp3) is 0.500. The maximum atomic E-state index is 13.5. The molecule has 124 valence electrons. The molecule has 0 saturated heterocycles. The van der Waals surface area contributed by atoms with E-state index in [0.717, 1.165) is 0 Å². The molecule has 1 aliphatic carbocycles. The van der Waals surface area contributed by atoms with Crippen molar-refractivity contribution in [1.82, 2.24) is 0 Å². The zero-order valence-electron chi connectivity index (χ0n) is 13.0. The molecule has 3 atom stereocenters. The predicted molar refractivity (Wildman–Crippen MR) is 77.7 cm³/mol. The predicted octanol–water partition coefficient (Wildman–Crippen LogP) is 1.98. The van der Waals surface area contributed by atoms with Crippen molar-refractivity contribution >= 4 is 17.6 Å². The van der Waals surface area contributed by atoms with Gasteiger partial charge >= 0.3 is 5.97 Å². The van der Waals surface area contributed by atoms with Crippen LogP contribution in [-0.4, -0.2) is 39.1 Å². The topological polar surface area (TPSA) is 55.8 Å². The van der Waals surface area contributed by atoms with Crippen molar-refractivity contribution in [2.75, 3.05) is 25.7 Å². The summed E-state index contributed by atoms with van der Waals surface area (Å²) >= 11 is 0. The molecule has 1 fully saturated rings. The Morgan fingerprint density at radius 2 is 2.13 bits per heavy atom. The van der Waals surface area contributed by atoms with Crippen LogP contribution in [0.25, 0.3) is 0 Å². The smallest absolute Gasteiger partial charge is 0.310 e. The van der Waals surface area contributed by atoms with Gasteiger partial charge in [0.15, 0.2) is 0 Å². The first-order chi connectivity index (χ1) is 10.9. The van der Waals surface area contributed by atoms with E-state index in [9.17, 15) is 18.4 Å². The molecular formula is C16H17F2NO4. The Hall–Kier alpha value is -2.18. The summed E-state index contributed by atoms with van der Waals surface area (Å²) in [7, 11) is 2.95. The number of benzene rings is 1. The molecule has 1 aromatic carbocycles. The molecule has 1 aromatic rings. The standard InChI is InChI=1S/C16H17F2NO4/c1-4-23-14(20)11-10(13(17)18)16(11)8-6-5-7-9(22-3)12(8)19(2)15(16)21/h5-7,10-11,13H,4H2,1-3H3/t10-,11-,16+/m0/s1. The molecule has 1 spiro atoms. The normalized spacial score (nSPS) is 28.3. The Bertz CT molecular complexity index is 678. The molecule has 1 amide bonds. The molecule has 5 nitrogen and oxygen atoms in total. The number of hydrogen-bond acceptors (Lipinski definition) is 4. The third-order valence-corrected chi connectivity index (χ3v) is 4.74. The van der Waals surface area contributed by atoms with E-state index >= 15 is 0 Å². The number of nitrogens with zero attached hydrogens (tertiary/aromatic N) is 1. The van der Waals surface area contributed by atoms with Crippen LogP contribution in [0, 0.1) is 11.8 Å². The van der Waals surface area contributed by atoms with E-state index in [4.69, 9.17) is 9.47 Å². The Balaban J connectivity index is 2.16.